The molecular formula is C37H35Cl2N7O4. The molecule has 50 heavy (non-hydrogen) atoms. The zero-order valence-corrected chi connectivity index (χ0v) is 29.6. The minimum atomic E-state index is -0.458. The third-order valence-electron chi connectivity index (χ3n) is 10.4. The van der Waals surface area contributed by atoms with Crippen molar-refractivity contribution >= 4 is 51.5 Å². The smallest absolute Gasteiger partial charge is 0.330 e. The Morgan fingerprint density at radius 2 is 1.66 bits per heavy atom. The molecule has 1 amide bonds. The third-order valence-corrected chi connectivity index (χ3v) is 11.2. The Balaban J connectivity index is 1.13. The van der Waals surface area contributed by atoms with Crippen molar-refractivity contribution in [3.05, 3.63) is 96.2 Å². The predicted molar refractivity (Wildman–Crippen MR) is 195 cm³/mol. The Kier molecular flexibility index (Phi) is 7.78. The molecule has 1 aliphatic carbocycles. The van der Waals surface area contributed by atoms with Gasteiger partial charge in [0.1, 0.15) is 11.2 Å². The maximum atomic E-state index is 13.3. The van der Waals surface area contributed by atoms with Crippen molar-refractivity contribution in [2.75, 3.05) is 25.5 Å². The van der Waals surface area contributed by atoms with Crippen molar-refractivity contribution in [1.82, 2.24) is 29.3 Å². The lowest BCUT2D eigenvalue weighted by Crippen LogP contribution is -2.67. The fourth-order valence-corrected chi connectivity index (χ4v) is 8.51. The predicted octanol–water partition coefficient (Wildman–Crippen LogP) is 5.68. The van der Waals surface area contributed by atoms with Crippen molar-refractivity contribution in [1.29, 1.82) is 0 Å². The summed E-state index contributed by atoms with van der Waals surface area (Å²) in [5.41, 5.74) is 5.78. The zero-order valence-electron chi connectivity index (χ0n) is 28.1. The monoisotopic (exact) mass is 711 g/mol. The maximum Gasteiger partial charge on any atom is 0.330 e. The van der Waals surface area contributed by atoms with Crippen LogP contribution in [0, 0.1) is 6.92 Å². The van der Waals surface area contributed by atoms with Crippen LogP contribution in [0.15, 0.2) is 58.1 Å². The average molecular weight is 713 g/mol. The first-order valence-electron chi connectivity index (χ1n) is 16.5. The number of aryl methyl sites for hydroxylation is 3. The van der Waals surface area contributed by atoms with Crippen molar-refractivity contribution in [2.45, 2.75) is 44.2 Å². The Morgan fingerprint density at radius 1 is 0.940 bits per heavy atom. The number of halogens is 2. The van der Waals surface area contributed by atoms with Crippen molar-refractivity contribution in [3.8, 4) is 28.3 Å². The van der Waals surface area contributed by atoms with E-state index in [2.05, 4.69) is 26.6 Å². The number of fused-ring (bicyclic) bond motifs is 2. The molecule has 5 aromatic rings. The molecule has 0 bridgehead atoms. The molecule has 0 radical (unpaired) electrons. The fourth-order valence-electron chi connectivity index (χ4n) is 7.91. The minimum absolute atomic E-state index is 0.0935. The van der Waals surface area contributed by atoms with E-state index in [9.17, 15) is 14.4 Å². The number of benzene rings is 2. The lowest BCUT2D eigenvalue weighted by molar-refractivity contribution is -0.121. The number of amides is 1. The molecule has 13 heteroatoms. The van der Waals surface area contributed by atoms with E-state index in [1.807, 2.05) is 30.3 Å². The van der Waals surface area contributed by atoms with Crippen LogP contribution in [-0.4, -0.2) is 55.6 Å². The molecule has 3 aliphatic rings. The number of anilines is 2. The van der Waals surface area contributed by atoms with E-state index in [1.54, 1.807) is 33.2 Å². The van der Waals surface area contributed by atoms with Gasteiger partial charge >= 0.3 is 5.69 Å². The molecule has 2 N–H and O–H groups in total. The molecule has 2 fully saturated rings. The van der Waals surface area contributed by atoms with Gasteiger partial charge in [-0.15, -0.1) is 0 Å². The number of methoxy groups -OCH3 is 1. The summed E-state index contributed by atoms with van der Waals surface area (Å²) in [6, 6.07) is 15.3. The number of likely N-dealkylation sites (tertiary alicyclic amines) is 1. The number of hydrogen-bond donors (Lipinski definition) is 2. The molecule has 2 saturated heterocycles. The van der Waals surface area contributed by atoms with Crippen LogP contribution in [0.25, 0.3) is 33.3 Å². The third kappa shape index (κ3) is 5.09. The van der Waals surface area contributed by atoms with Gasteiger partial charge < -0.3 is 15.4 Å². The van der Waals surface area contributed by atoms with Gasteiger partial charge in [-0.25, -0.2) is 14.8 Å². The molecule has 11 nitrogen and oxygen atoms in total. The van der Waals surface area contributed by atoms with Gasteiger partial charge in [-0.2, -0.15) is 0 Å². The molecular weight excluding hydrogens is 677 g/mol. The summed E-state index contributed by atoms with van der Waals surface area (Å²) in [4.78, 5) is 49.8. The fraction of sp³-hybridized carbons (Fsp3) is 0.324. The lowest BCUT2D eigenvalue weighted by atomic mass is 9.86. The Hall–Kier alpha value is -4.71. The molecule has 1 atom stereocenters. The number of rotatable bonds is 6. The first-order valence-corrected chi connectivity index (χ1v) is 17.3. The first kappa shape index (κ1) is 32.5. The van der Waals surface area contributed by atoms with E-state index in [1.165, 1.54) is 17.2 Å². The number of hydrogen-bond acceptors (Lipinski definition) is 8. The molecule has 5 heterocycles. The second kappa shape index (κ2) is 12.0. The molecule has 3 aromatic heterocycles. The normalized spacial score (nSPS) is 18.0. The first-order chi connectivity index (χ1) is 24.0. The summed E-state index contributed by atoms with van der Waals surface area (Å²) >= 11 is 14.3. The van der Waals surface area contributed by atoms with Gasteiger partial charge in [-0.05, 0) is 49.9 Å². The molecule has 2 aliphatic heterocycles. The highest BCUT2D eigenvalue weighted by Gasteiger charge is 2.51. The number of carbonyl (C=O) groups excluding carboxylic acids is 1. The van der Waals surface area contributed by atoms with Gasteiger partial charge in [0.25, 0.3) is 5.56 Å². The number of pyridine rings is 2. The van der Waals surface area contributed by atoms with Gasteiger partial charge in [0.05, 0.1) is 39.6 Å². The number of nitrogens with one attached hydrogen (secondary N) is 2. The van der Waals surface area contributed by atoms with E-state index in [0.29, 0.717) is 61.9 Å². The summed E-state index contributed by atoms with van der Waals surface area (Å²) < 4.78 is 8.38. The average Bonchev–Trinajstić information content (AvgIpc) is 3.70. The second-order valence-corrected chi connectivity index (χ2v) is 14.3. The van der Waals surface area contributed by atoms with Crippen LogP contribution in [-0.2, 0) is 25.3 Å². The second-order valence-electron chi connectivity index (χ2n) is 13.5. The van der Waals surface area contributed by atoms with Crippen molar-refractivity contribution in [3.63, 3.8) is 0 Å². The zero-order chi connectivity index (χ0) is 35.1. The van der Waals surface area contributed by atoms with Crippen LogP contribution < -0.4 is 26.6 Å². The van der Waals surface area contributed by atoms with Gasteiger partial charge in [0.15, 0.2) is 0 Å². The number of aromatic nitrogens is 4. The van der Waals surface area contributed by atoms with Crippen LogP contribution in [0.3, 0.4) is 0 Å². The maximum absolute atomic E-state index is 13.3. The highest BCUT2D eigenvalue weighted by Crippen LogP contribution is 2.48. The van der Waals surface area contributed by atoms with E-state index in [4.69, 9.17) is 32.9 Å². The minimum Gasteiger partial charge on any atom is -0.481 e. The lowest BCUT2D eigenvalue weighted by Gasteiger charge is -2.50. The van der Waals surface area contributed by atoms with Gasteiger partial charge in [-0.1, -0.05) is 53.5 Å². The van der Waals surface area contributed by atoms with E-state index < -0.39 is 11.2 Å². The molecule has 1 spiro atoms. The van der Waals surface area contributed by atoms with E-state index >= 15 is 0 Å². The van der Waals surface area contributed by atoms with Gasteiger partial charge in [0, 0.05) is 67.6 Å². The Morgan fingerprint density at radius 3 is 2.38 bits per heavy atom. The molecule has 8 rings (SSSR count). The molecule has 0 unspecified atom stereocenters. The summed E-state index contributed by atoms with van der Waals surface area (Å²) in [5.74, 6) is 1.02. The van der Waals surface area contributed by atoms with Crippen LogP contribution in [0.2, 0.25) is 10.0 Å². The van der Waals surface area contributed by atoms with E-state index in [-0.39, 0.29) is 22.9 Å². The van der Waals surface area contributed by atoms with Gasteiger partial charge in [0.2, 0.25) is 11.8 Å². The summed E-state index contributed by atoms with van der Waals surface area (Å²) in [7, 11) is 4.71. The number of carbonyl (C=O) groups is 1. The molecule has 0 saturated carbocycles. The standard InChI is InChI=1S/C37H35Cl2N7O4/c1-19-15-27-30(35(48)45(3)36(49)44(27)2)33(40-19)41-24-10-6-8-22(32(24)39)21-7-5-9-23(31(21)38)25-16-20-11-12-26(29(20)34(42-25)50-4)46-17-37(18-46)14-13-28(47)43-37/h5-10,15-16,26H,11-14,17-18H2,1-4H3,(H,40,41)(H,43,47)/t26-/m0/s1. The van der Waals surface area contributed by atoms with Gasteiger partial charge in [-0.3, -0.25) is 23.6 Å². The number of ether oxygens (including phenoxy) is 1. The summed E-state index contributed by atoms with van der Waals surface area (Å²) in [5, 5.41) is 7.59. The highest BCUT2D eigenvalue weighted by atomic mass is 35.5. The van der Waals surface area contributed by atoms with Crippen LogP contribution >= 0.6 is 23.2 Å². The molecule has 256 valence electrons. The van der Waals surface area contributed by atoms with Crippen molar-refractivity contribution in [2.24, 2.45) is 14.1 Å². The largest absolute Gasteiger partial charge is 0.481 e. The van der Waals surface area contributed by atoms with Crippen molar-refractivity contribution < 1.29 is 9.53 Å². The summed E-state index contributed by atoms with van der Waals surface area (Å²) in [6.45, 7) is 3.47. The Labute approximate surface area is 297 Å². The summed E-state index contributed by atoms with van der Waals surface area (Å²) in [6.07, 6.45) is 3.33. The number of nitrogens with zero attached hydrogens (tertiary/aromatic N) is 5. The Bertz CT molecular complexity index is 2380. The molecule has 2 aromatic carbocycles. The highest BCUT2D eigenvalue weighted by molar-refractivity contribution is 6.39. The van der Waals surface area contributed by atoms with Crippen LogP contribution in [0.5, 0.6) is 5.88 Å². The topological polar surface area (TPSA) is 123 Å². The van der Waals surface area contributed by atoms with E-state index in [0.717, 1.165) is 48.0 Å². The quantitative estimate of drug-likeness (QED) is 0.231. The van der Waals surface area contributed by atoms with Crippen LogP contribution in [0.1, 0.15) is 42.1 Å². The van der Waals surface area contributed by atoms with Crippen LogP contribution in [0.4, 0.5) is 11.5 Å². The SMILES string of the molecule is COc1nc(-c2cccc(-c3cccc(Nc4nc(C)cc5c4c(=O)n(C)c(=O)n5C)c3Cl)c2Cl)cc2c1[C@@H](N1CC3(CCC(=O)N3)C1)CC2.